The summed E-state index contributed by atoms with van der Waals surface area (Å²) < 4.78 is 18.4. The van der Waals surface area contributed by atoms with Crippen molar-refractivity contribution in [2.75, 3.05) is 19.1 Å². The Balaban J connectivity index is 2.48. The van der Waals surface area contributed by atoms with Crippen molar-refractivity contribution in [3.8, 4) is 11.8 Å². The van der Waals surface area contributed by atoms with Gasteiger partial charge in [-0.3, -0.25) is 0 Å². The van der Waals surface area contributed by atoms with Crippen LogP contribution in [0.5, 0.6) is 5.75 Å². The number of rotatable bonds is 3. The second kappa shape index (κ2) is 5.40. The summed E-state index contributed by atoms with van der Waals surface area (Å²) in [7, 11) is 3.34. The minimum absolute atomic E-state index is 0.314. The Labute approximate surface area is 111 Å². The molecule has 0 aliphatic heterocycles. The first-order valence-corrected chi connectivity index (χ1v) is 5.73. The lowest BCUT2D eigenvalue weighted by Gasteiger charge is -2.21. The van der Waals surface area contributed by atoms with E-state index in [4.69, 9.17) is 10.00 Å². The predicted molar refractivity (Wildman–Crippen MR) is 72.2 cm³/mol. The normalized spacial score (nSPS) is 9.79. The van der Waals surface area contributed by atoms with Crippen molar-refractivity contribution in [2.45, 2.75) is 0 Å². The van der Waals surface area contributed by atoms with Crippen molar-refractivity contribution in [1.29, 1.82) is 5.26 Å². The van der Waals surface area contributed by atoms with E-state index in [9.17, 15) is 4.39 Å². The molecule has 3 nitrogen and oxygen atoms in total. The number of benzene rings is 2. The van der Waals surface area contributed by atoms with Crippen LogP contribution in [0.3, 0.4) is 0 Å². The number of hydrogen-bond donors (Lipinski definition) is 0. The van der Waals surface area contributed by atoms with Crippen LogP contribution in [-0.2, 0) is 0 Å². The molecule has 0 N–H and O–H groups in total. The van der Waals surface area contributed by atoms with Gasteiger partial charge in [-0.15, -0.1) is 0 Å². The summed E-state index contributed by atoms with van der Waals surface area (Å²) in [5.74, 6) is 0.336. The molecule has 0 spiro atoms. The summed E-state index contributed by atoms with van der Waals surface area (Å²) in [4.78, 5) is 1.75. The molecule has 0 radical (unpaired) electrons. The zero-order chi connectivity index (χ0) is 13.8. The molecule has 2 rings (SSSR count). The maximum Gasteiger partial charge on any atom is 0.125 e. The highest BCUT2D eigenvalue weighted by Gasteiger charge is 2.11. The average Bonchev–Trinajstić information content (AvgIpc) is 2.45. The molecule has 0 unspecified atom stereocenters. The fraction of sp³-hybridized carbons (Fsp3) is 0.133. The highest BCUT2D eigenvalue weighted by Crippen LogP contribution is 2.30. The fourth-order valence-corrected chi connectivity index (χ4v) is 1.83. The molecule has 0 saturated carbocycles. The van der Waals surface area contributed by atoms with Crippen molar-refractivity contribution in [3.63, 3.8) is 0 Å². The highest BCUT2D eigenvalue weighted by atomic mass is 19.1. The van der Waals surface area contributed by atoms with Crippen LogP contribution in [0.1, 0.15) is 5.56 Å². The van der Waals surface area contributed by atoms with Crippen LogP contribution in [0.2, 0.25) is 0 Å². The maximum atomic E-state index is 13.3. The zero-order valence-corrected chi connectivity index (χ0v) is 10.7. The Hall–Kier alpha value is -2.54. The average molecular weight is 256 g/mol. The van der Waals surface area contributed by atoms with E-state index in [1.54, 1.807) is 49.4 Å². The van der Waals surface area contributed by atoms with Crippen LogP contribution < -0.4 is 9.64 Å². The Morgan fingerprint density at radius 1 is 1.21 bits per heavy atom. The Morgan fingerprint density at radius 3 is 2.63 bits per heavy atom. The van der Waals surface area contributed by atoms with Gasteiger partial charge in [0.15, 0.2) is 0 Å². The number of nitrogens with zero attached hydrogens (tertiary/aromatic N) is 2. The summed E-state index contributed by atoms with van der Waals surface area (Å²) >= 11 is 0. The van der Waals surface area contributed by atoms with Crippen LogP contribution >= 0.6 is 0 Å². The molecule has 0 amide bonds. The van der Waals surface area contributed by atoms with E-state index >= 15 is 0 Å². The summed E-state index contributed by atoms with van der Waals surface area (Å²) in [6.45, 7) is 0. The number of methoxy groups -OCH3 is 1. The molecule has 0 fully saturated rings. The second-order valence-corrected chi connectivity index (χ2v) is 4.03. The van der Waals surface area contributed by atoms with E-state index in [0.29, 0.717) is 22.7 Å². The van der Waals surface area contributed by atoms with Crippen molar-refractivity contribution >= 4 is 11.4 Å². The van der Waals surface area contributed by atoms with Gasteiger partial charge in [-0.1, -0.05) is 6.07 Å². The molecule has 0 saturated heterocycles. The van der Waals surface area contributed by atoms with Gasteiger partial charge in [-0.05, 0) is 30.3 Å². The van der Waals surface area contributed by atoms with E-state index in [2.05, 4.69) is 6.07 Å². The predicted octanol–water partition coefficient (Wildman–Crippen LogP) is 3.47. The van der Waals surface area contributed by atoms with Gasteiger partial charge in [-0.25, -0.2) is 4.39 Å². The van der Waals surface area contributed by atoms with E-state index in [0.717, 1.165) is 0 Å². The van der Waals surface area contributed by atoms with Crippen molar-refractivity contribution in [3.05, 3.63) is 53.8 Å². The van der Waals surface area contributed by atoms with Gasteiger partial charge in [-0.2, -0.15) is 5.26 Å². The molecule has 0 bridgehead atoms. The van der Waals surface area contributed by atoms with Crippen molar-refractivity contribution in [1.82, 2.24) is 0 Å². The number of anilines is 2. The maximum absolute atomic E-state index is 13.3. The van der Waals surface area contributed by atoms with Gasteiger partial charge in [0.1, 0.15) is 17.6 Å². The SMILES string of the molecule is COc1ccc(C#N)c(N(C)c2cccc(F)c2)c1. The smallest absolute Gasteiger partial charge is 0.125 e. The van der Waals surface area contributed by atoms with E-state index < -0.39 is 0 Å². The Morgan fingerprint density at radius 2 is 2.00 bits per heavy atom. The van der Waals surface area contributed by atoms with Gasteiger partial charge < -0.3 is 9.64 Å². The summed E-state index contributed by atoms with van der Waals surface area (Å²) in [6, 6.07) is 13.5. The third-order valence-corrected chi connectivity index (χ3v) is 2.88. The quantitative estimate of drug-likeness (QED) is 0.843. The van der Waals surface area contributed by atoms with E-state index in [1.165, 1.54) is 12.1 Å². The van der Waals surface area contributed by atoms with E-state index in [-0.39, 0.29) is 5.82 Å². The van der Waals surface area contributed by atoms with Crippen LogP contribution in [0.4, 0.5) is 15.8 Å². The van der Waals surface area contributed by atoms with Gasteiger partial charge in [0, 0.05) is 18.8 Å². The minimum atomic E-state index is -0.314. The lowest BCUT2D eigenvalue weighted by Crippen LogP contribution is -2.11. The molecule has 19 heavy (non-hydrogen) atoms. The van der Waals surface area contributed by atoms with Crippen LogP contribution in [0.25, 0.3) is 0 Å². The van der Waals surface area contributed by atoms with Gasteiger partial charge in [0.25, 0.3) is 0 Å². The molecule has 0 heterocycles. The monoisotopic (exact) mass is 256 g/mol. The molecule has 0 aliphatic rings. The lowest BCUT2D eigenvalue weighted by molar-refractivity contribution is 0.415. The first-order chi connectivity index (χ1) is 9.15. The first-order valence-electron chi connectivity index (χ1n) is 5.73. The standard InChI is InChI=1S/C15H13FN2O/c1-18(13-5-3-4-12(16)8-13)15-9-14(19-2)7-6-11(15)10-17/h3-9H,1-2H3. The number of nitriles is 1. The molecule has 0 atom stereocenters. The Bertz CT molecular complexity index is 634. The van der Waals surface area contributed by atoms with Gasteiger partial charge in [0.2, 0.25) is 0 Å². The summed E-state index contributed by atoms with van der Waals surface area (Å²) in [5.41, 5.74) is 1.85. The molecule has 2 aromatic rings. The first kappa shape index (κ1) is 12.9. The third kappa shape index (κ3) is 2.66. The molecule has 0 aliphatic carbocycles. The molecule has 2 aromatic carbocycles. The zero-order valence-electron chi connectivity index (χ0n) is 10.7. The number of halogens is 1. The topological polar surface area (TPSA) is 36.3 Å². The summed E-state index contributed by atoms with van der Waals surface area (Å²) in [5, 5.41) is 9.14. The highest BCUT2D eigenvalue weighted by molar-refractivity contribution is 5.70. The molecular formula is C15H13FN2O. The minimum Gasteiger partial charge on any atom is -0.497 e. The molecular weight excluding hydrogens is 243 g/mol. The van der Waals surface area contributed by atoms with Gasteiger partial charge in [0.05, 0.1) is 18.4 Å². The summed E-state index contributed by atoms with van der Waals surface area (Å²) in [6.07, 6.45) is 0. The van der Waals surface area contributed by atoms with Crippen molar-refractivity contribution < 1.29 is 9.13 Å². The van der Waals surface area contributed by atoms with Gasteiger partial charge >= 0.3 is 0 Å². The van der Waals surface area contributed by atoms with Crippen LogP contribution in [0.15, 0.2) is 42.5 Å². The van der Waals surface area contributed by atoms with Crippen LogP contribution in [-0.4, -0.2) is 14.2 Å². The third-order valence-electron chi connectivity index (χ3n) is 2.88. The fourth-order valence-electron chi connectivity index (χ4n) is 1.83. The second-order valence-electron chi connectivity index (χ2n) is 4.03. The number of ether oxygens (including phenoxy) is 1. The molecule has 96 valence electrons. The number of hydrogen-bond acceptors (Lipinski definition) is 3. The van der Waals surface area contributed by atoms with Crippen molar-refractivity contribution in [2.24, 2.45) is 0 Å². The van der Waals surface area contributed by atoms with Crippen LogP contribution in [0, 0.1) is 17.1 Å². The van der Waals surface area contributed by atoms with E-state index in [1.807, 2.05) is 0 Å². The molecule has 0 aromatic heterocycles. The Kier molecular flexibility index (Phi) is 3.67. The lowest BCUT2D eigenvalue weighted by atomic mass is 10.1. The largest absolute Gasteiger partial charge is 0.497 e. The molecule has 4 heteroatoms.